The number of rotatable bonds is 12. The van der Waals surface area contributed by atoms with Gasteiger partial charge in [0.15, 0.2) is 0 Å². The molecule has 0 spiro atoms. The van der Waals surface area contributed by atoms with Crippen molar-refractivity contribution in [2.75, 3.05) is 19.0 Å². The van der Waals surface area contributed by atoms with Gasteiger partial charge in [-0.2, -0.15) is 4.31 Å². The summed E-state index contributed by atoms with van der Waals surface area (Å²) in [5, 5.41) is 6.50. The fourth-order valence-corrected chi connectivity index (χ4v) is 6.75. The summed E-state index contributed by atoms with van der Waals surface area (Å²) in [6.07, 6.45) is 1.94. The Morgan fingerprint density at radius 1 is 1.07 bits per heavy atom. The fourth-order valence-electron chi connectivity index (χ4n) is 5.12. The van der Waals surface area contributed by atoms with Gasteiger partial charge >= 0.3 is 0 Å². The predicted molar refractivity (Wildman–Crippen MR) is 159 cm³/mol. The van der Waals surface area contributed by atoms with Crippen LogP contribution < -0.4 is 10.1 Å². The predicted octanol–water partition coefficient (Wildman–Crippen LogP) is 5.82. The number of hydrogen-bond donors (Lipinski definition) is 1. The van der Waals surface area contributed by atoms with Gasteiger partial charge in [0.25, 0.3) is 0 Å². The van der Waals surface area contributed by atoms with Crippen LogP contribution in [-0.2, 0) is 21.2 Å². The number of halogens is 2. The molecule has 5 rings (SSSR count). The van der Waals surface area contributed by atoms with E-state index in [-0.39, 0.29) is 28.6 Å². The van der Waals surface area contributed by atoms with E-state index in [9.17, 15) is 23.1 Å². The normalized spacial score (nSPS) is 17.2. The number of amides is 1. The monoisotopic (exact) mass is 618 g/mol. The number of nitrogens with one attached hydrogen (secondary N) is 1. The zero-order chi connectivity index (χ0) is 31.3. The van der Waals surface area contributed by atoms with Crippen LogP contribution in [0.5, 0.6) is 5.88 Å². The van der Waals surface area contributed by atoms with Crippen LogP contribution in [0.2, 0.25) is 0 Å². The lowest BCUT2D eigenvalue weighted by Gasteiger charge is -2.24. The van der Waals surface area contributed by atoms with Crippen LogP contribution in [0.1, 0.15) is 29.0 Å². The summed E-state index contributed by atoms with van der Waals surface area (Å²) in [4.78, 5) is 21.0. The Morgan fingerprint density at radius 2 is 1.80 bits per heavy atom. The number of ether oxygens (including phenoxy) is 1. The Balaban J connectivity index is 1.38. The highest BCUT2D eigenvalue weighted by atomic mass is 32.2. The van der Waals surface area contributed by atoms with Crippen molar-refractivity contribution in [3.05, 3.63) is 130 Å². The number of carbonyl (C=O) groups excluding carboxylic acids is 1. The summed E-state index contributed by atoms with van der Waals surface area (Å²) in [5.41, 5.74) is 10.7. The van der Waals surface area contributed by atoms with Crippen molar-refractivity contribution in [3.8, 4) is 5.88 Å². The average Bonchev–Trinajstić information content (AvgIpc) is 3.83. The highest BCUT2D eigenvalue weighted by molar-refractivity contribution is 7.89. The molecule has 1 N–H and O–H groups in total. The first-order chi connectivity index (χ1) is 21.2. The average molecular weight is 619 g/mol. The second-order valence-corrected chi connectivity index (χ2v) is 12.0. The summed E-state index contributed by atoms with van der Waals surface area (Å²) in [6.45, 7) is 0.307. The number of sulfonamides is 1. The van der Waals surface area contributed by atoms with Gasteiger partial charge < -0.3 is 10.1 Å². The lowest BCUT2D eigenvalue weighted by Crippen LogP contribution is -2.33. The van der Waals surface area contributed by atoms with Crippen LogP contribution in [0.15, 0.2) is 101 Å². The second kappa shape index (κ2) is 13.2. The lowest BCUT2D eigenvalue weighted by atomic mass is 9.85. The molecule has 226 valence electrons. The number of pyridine rings is 1. The fraction of sp³-hybridized carbons (Fsp3) is 0.226. The maximum atomic E-state index is 15.1. The van der Waals surface area contributed by atoms with Crippen molar-refractivity contribution in [2.45, 2.75) is 35.7 Å². The number of nitrogens with zero attached hydrogens (tertiary/aromatic N) is 5. The number of azide groups is 1. The van der Waals surface area contributed by atoms with Gasteiger partial charge in [-0.3, -0.25) is 4.79 Å². The smallest absolute Gasteiger partial charge is 0.243 e. The number of methoxy groups -OCH3 is 1. The molecular formula is C31H28F2N6O4S. The molecule has 44 heavy (non-hydrogen) atoms. The minimum Gasteiger partial charge on any atom is -0.481 e. The van der Waals surface area contributed by atoms with Crippen LogP contribution >= 0.6 is 0 Å². The first-order valence-electron chi connectivity index (χ1n) is 13.7. The first-order valence-corrected chi connectivity index (χ1v) is 15.1. The summed E-state index contributed by atoms with van der Waals surface area (Å²) in [6, 6.07) is 19.3. The molecule has 1 saturated heterocycles. The van der Waals surface area contributed by atoms with Crippen molar-refractivity contribution < 1.29 is 26.7 Å². The van der Waals surface area contributed by atoms with E-state index in [2.05, 4.69) is 20.3 Å². The van der Waals surface area contributed by atoms with E-state index in [0.29, 0.717) is 30.0 Å². The van der Waals surface area contributed by atoms with Gasteiger partial charge in [0.05, 0.1) is 12.0 Å². The van der Waals surface area contributed by atoms with Crippen LogP contribution in [-0.4, -0.2) is 49.4 Å². The van der Waals surface area contributed by atoms with Crippen molar-refractivity contribution in [1.82, 2.24) is 9.29 Å². The quantitative estimate of drug-likeness (QED) is 0.0923. The molecule has 13 heteroatoms. The SMILES string of the molecule is COc1ccc([C@H](c2ccc(F)cc2)[C@H](N=[N+]=[N-])C(=O)Nc2cccc(F)c2CC[C@H]2CN2S(=O)(=O)c2ccccc2)cn1. The van der Waals surface area contributed by atoms with Gasteiger partial charge in [0.2, 0.25) is 21.8 Å². The first kappa shape index (κ1) is 30.6. The Labute approximate surface area is 253 Å². The van der Waals surface area contributed by atoms with Crippen molar-refractivity contribution in [3.63, 3.8) is 0 Å². The van der Waals surface area contributed by atoms with E-state index < -0.39 is 39.5 Å². The molecule has 1 aromatic heterocycles. The minimum absolute atomic E-state index is 0.143. The molecule has 0 bridgehead atoms. The third kappa shape index (κ3) is 6.70. The third-order valence-electron chi connectivity index (χ3n) is 7.44. The Morgan fingerprint density at radius 3 is 2.45 bits per heavy atom. The third-order valence-corrected chi connectivity index (χ3v) is 9.37. The molecule has 3 aromatic carbocycles. The largest absolute Gasteiger partial charge is 0.481 e. The Kier molecular flexibility index (Phi) is 9.19. The molecule has 0 aliphatic carbocycles. The zero-order valence-electron chi connectivity index (χ0n) is 23.5. The highest BCUT2D eigenvalue weighted by Crippen LogP contribution is 2.34. The summed E-state index contributed by atoms with van der Waals surface area (Å²) < 4.78 is 61.2. The zero-order valence-corrected chi connectivity index (χ0v) is 24.4. The number of benzene rings is 3. The standard InChI is InChI=1S/C31H28F2N6O4S/c1-43-28-17-12-21(18-35-28)29(20-10-13-22(32)14-11-20)30(37-38-34)31(40)36-27-9-5-8-26(33)25(27)16-15-23-19-39(23)44(41,42)24-6-3-2-4-7-24/h2-14,17-18,23,29-30H,15-16,19H2,1H3,(H,36,40)/t23-,29-,30-,39?/m0/s1. The molecule has 0 radical (unpaired) electrons. The summed E-state index contributed by atoms with van der Waals surface area (Å²) in [7, 11) is -2.21. The topological polar surface area (TPSA) is 137 Å². The van der Waals surface area contributed by atoms with Crippen LogP contribution in [0.3, 0.4) is 0 Å². The number of aromatic nitrogens is 1. The number of anilines is 1. The molecule has 1 amide bonds. The number of hydrogen-bond acceptors (Lipinski definition) is 6. The van der Waals surface area contributed by atoms with Gasteiger partial charge in [-0.25, -0.2) is 22.2 Å². The van der Waals surface area contributed by atoms with Crippen molar-refractivity contribution >= 4 is 21.6 Å². The van der Waals surface area contributed by atoms with E-state index in [4.69, 9.17) is 4.74 Å². The molecule has 1 aliphatic heterocycles. The van der Waals surface area contributed by atoms with E-state index in [1.807, 2.05) is 0 Å². The summed E-state index contributed by atoms with van der Waals surface area (Å²) in [5.74, 6) is -2.33. The van der Waals surface area contributed by atoms with E-state index in [1.54, 1.807) is 30.3 Å². The van der Waals surface area contributed by atoms with Gasteiger partial charge in [0.1, 0.15) is 17.7 Å². The van der Waals surface area contributed by atoms with Gasteiger partial charge in [-0.15, -0.1) is 0 Å². The van der Waals surface area contributed by atoms with Crippen LogP contribution in [0.25, 0.3) is 10.4 Å². The van der Waals surface area contributed by atoms with E-state index in [0.717, 1.165) is 0 Å². The maximum absolute atomic E-state index is 15.1. The lowest BCUT2D eigenvalue weighted by molar-refractivity contribution is -0.117. The summed E-state index contributed by atoms with van der Waals surface area (Å²) >= 11 is 0. The molecule has 1 aliphatic rings. The van der Waals surface area contributed by atoms with Crippen molar-refractivity contribution in [2.24, 2.45) is 5.11 Å². The second-order valence-electron chi connectivity index (χ2n) is 10.1. The van der Waals surface area contributed by atoms with Crippen LogP contribution in [0.4, 0.5) is 14.5 Å². The molecule has 2 heterocycles. The van der Waals surface area contributed by atoms with E-state index in [1.165, 1.54) is 72.2 Å². The molecule has 0 saturated carbocycles. The Hall–Kier alpha value is -4.84. The molecular weight excluding hydrogens is 590 g/mol. The van der Waals surface area contributed by atoms with Crippen molar-refractivity contribution in [1.29, 1.82) is 0 Å². The molecule has 4 atom stereocenters. The molecule has 4 aromatic rings. The number of carbonyl (C=O) groups is 1. The molecule has 1 unspecified atom stereocenters. The van der Waals surface area contributed by atoms with E-state index >= 15 is 4.39 Å². The van der Waals surface area contributed by atoms with Gasteiger partial charge in [-0.1, -0.05) is 47.6 Å². The molecule has 1 fully saturated rings. The van der Waals surface area contributed by atoms with Crippen LogP contribution in [0, 0.1) is 11.6 Å². The highest BCUT2D eigenvalue weighted by Gasteiger charge is 2.44. The maximum Gasteiger partial charge on any atom is 0.243 e. The minimum atomic E-state index is -3.66. The van der Waals surface area contributed by atoms with Gasteiger partial charge in [-0.05, 0) is 65.9 Å². The Bertz CT molecular complexity index is 1780. The molecule has 10 nitrogen and oxygen atoms in total. The van der Waals surface area contributed by atoms with Gasteiger partial charge in [0, 0.05) is 46.9 Å².